The van der Waals surface area contributed by atoms with Crippen LogP contribution in [0.15, 0.2) is 35.5 Å². The fraction of sp³-hybridized carbons (Fsp3) is 0.375. The maximum atomic E-state index is 10.9. The average molecular weight is 288 g/mol. The molecule has 0 saturated heterocycles. The van der Waals surface area contributed by atoms with Crippen LogP contribution >= 0.6 is 0 Å². The molecule has 1 atom stereocenters. The van der Waals surface area contributed by atoms with Crippen LogP contribution in [0.3, 0.4) is 0 Å². The Kier molecular flexibility index (Phi) is 4.88. The highest BCUT2D eigenvalue weighted by atomic mass is 16.5. The van der Waals surface area contributed by atoms with E-state index in [4.69, 9.17) is 5.21 Å². The van der Waals surface area contributed by atoms with Gasteiger partial charge in [0.05, 0.1) is 11.8 Å². The van der Waals surface area contributed by atoms with Crippen LogP contribution in [-0.4, -0.2) is 10.3 Å². The highest BCUT2D eigenvalue weighted by molar-refractivity contribution is 6.01. The van der Waals surface area contributed by atoms with E-state index in [9.17, 15) is 10.0 Å². The standard InChI is InChI=1S/C16H20N2O3/c1-10(2)3-8-16(19)11-4-5-12-13(9-11)15(18-21)7-6-14(12)17-20/h4-7,9-10,16-17,19-20H,3,8H2,1-2H3. The Hall–Kier alpha value is -1.98. The molecule has 0 aliphatic heterocycles. The van der Waals surface area contributed by atoms with Gasteiger partial charge >= 0.3 is 0 Å². The molecule has 0 bridgehead atoms. The molecule has 5 heteroatoms. The van der Waals surface area contributed by atoms with E-state index in [-0.39, 0.29) is 0 Å². The molecule has 0 radical (unpaired) electrons. The first-order valence-electron chi connectivity index (χ1n) is 7.05. The van der Waals surface area contributed by atoms with Gasteiger partial charge in [-0.3, -0.25) is 10.7 Å². The smallest absolute Gasteiger partial charge is 0.115 e. The number of nitrogens with one attached hydrogen (secondary N) is 1. The van der Waals surface area contributed by atoms with Crippen molar-refractivity contribution in [1.29, 1.82) is 0 Å². The highest BCUT2D eigenvalue weighted by Gasteiger charge is 2.12. The summed E-state index contributed by atoms with van der Waals surface area (Å²) in [5.74, 6) is 0.525. The largest absolute Gasteiger partial charge is 0.388 e. The number of nitrogens with zero attached hydrogens (tertiary/aromatic N) is 1. The predicted molar refractivity (Wildman–Crippen MR) is 83.8 cm³/mol. The normalized spacial score (nSPS) is 12.6. The van der Waals surface area contributed by atoms with Gasteiger partial charge in [-0.1, -0.05) is 26.0 Å². The van der Waals surface area contributed by atoms with Crippen molar-refractivity contribution in [2.75, 3.05) is 5.48 Å². The van der Waals surface area contributed by atoms with Gasteiger partial charge in [0.15, 0.2) is 0 Å². The number of hydrogen-bond acceptors (Lipinski definition) is 5. The summed E-state index contributed by atoms with van der Waals surface area (Å²) in [4.78, 5) is 10.9. The van der Waals surface area contributed by atoms with Crippen molar-refractivity contribution in [3.8, 4) is 0 Å². The number of hydrogen-bond donors (Lipinski definition) is 3. The van der Waals surface area contributed by atoms with Gasteiger partial charge in [-0.25, -0.2) is 0 Å². The molecule has 2 aromatic rings. The number of benzene rings is 2. The number of rotatable bonds is 6. The summed E-state index contributed by atoms with van der Waals surface area (Å²) in [6, 6.07) is 8.48. The molecule has 0 heterocycles. The Labute approximate surface area is 123 Å². The van der Waals surface area contributed by atoms with Crippen LogP contribution in [0.2, 0.25) is 0 Å². The zero-order valence-electron chi connectivity index (χ0n) is 12.2. The molecule has 2 aromatic carbocycles. The summed E-state index contributed by atoms with van der Waals surface area (Å²) >= 11 is 0. The first kappa shape index (κ1) is 15.4. The van der Waals surface area contributed by atoms with E-state index in [1.165, 1.54) is 6.07 Å². The van der Waals surface area contributed by atoms with Gasteiger partial charge < -0.3 is 5.11 Å². The molecular formula is C16H20N2O3. The lowest BCUT2D eigenvalue weighted by molar-refractivity contribution is 0.159. The van der Waals surface area contributed by atoms with E-state index in [1.54, 1.807) is 18.2 Å². The molecule has 5 nitrogen and oxygen atoms in total. The van der Waals surface area contributed by atoms with Crippen LogP contribution in [-0.2, 0) is 0 Å². The first-order valence-corrected chi connectivity index (χ1v) is 7.05. The van der Waals surface area contributed by atoms with Crippen molar-refractivity contribution >= 4 is 22.1 Å². The minimum atomic E-state index is -0.568. The molecule has 3 N–H and O–H groups in total. The molecule has 112 valence electrons. The monoisotopic (exact) mass is 288 g/mol. The zero-order valence-corrected chi connectivity index (χ0v) is 12.2. The van der Waals surface area contributed by atoms with Crippen molar-refractivity contribution in [2.24, 2.45) is 11.1 Å². The minimum absolute atomic E-state index is 0.293. The van der Waals surface area contributed by atoms with Crippen LogP contribution in [0, 0.1) is 10.8 Å². The zero-order chi connectivity index (χ0) is 15.4. The minimum Gasteiger partial charge on any atom is -0.388 e. The summed E-state index contributed by atoms with van der Waals surface area (Å²) in [5.41, 5.74) is 3.65. The Balaban J connectivity index is 2.42. The second-order valence-corrected chi connectivity index (χ2v) is 5.63. The fourth-order valence-electron chi connectivity index (χ4n) is 2.39. The van der Waals surface area contributed by atoms with E-state index >= 15 is 0 Å². The molecule has 2 rings (SSSR count). The third-order valence-corrected chi connectivity index (χ3v) is 3.64. The van der Waals surface area contributed by atoms with E-state index in [2.05, 4.69) is 24.5 Å². The van der Waals surface area contributed by atoms with Gasteiger partial charge in [0.2, 0.25) is 0 Å². The summed E-state index contributed by atoms with van der Waals surface area (Å²) in [7, 11) is 0. The second kappa shape index (κ2) is 6.65. The predicted octanol–water partition coefficient (Wildman–Crippen LogP) is 4.51. The Morgan fingerprint density at radius 1 is 1.14 bits per heavy atom. The molecule has 0 aromatic heterocycles. The molecular weight excluding hydrogens is 268 g/mol. The van der Waals surface area contributed by atoms with Crippen molar-refractivity contribution < 1.29 is 10.3 Å². The van der Waals surface area contributed by atoms with Crippen LogP contribution < -0.4 is 5.48 Å². The lowest BCUT2D eigenvalue weighted by Gasteiger charge is -2.14. The van der Waals surface area contributed by atoms with Gasteiger partial charge in [0.1, 0.15) is 5.69 Å². The quantitative estimate of drug-likeness (QED) is 0.539. The number of aliphatic hydroxyl groups excluding tert-OH is 1. The number of fused-ring (bicyclic) bond motifs is 1. The van der Waals surface area contributed by atoms with Gasteiger partial charge in [-0.05, 0) is 47.7 Å². The lowest BCUT2D eigenvalue weighted by atomic mass is 9.97. The number of nitroso groups, excluding NO2 is 1. The summed E-state index contributed by atoms with van der Waals surface area (Å²) in [6.07, 6.45) is 1.03. The Bertz CT molecular complexity index is 641. The van der Waals surface area contributed by atoms with Crippen LogP contribution in [0.4, 0.5) is 11.4 Å². The fourth-order valence-corrected chi connectivity index (χ4v) is 2.39. The summed E-state index contributed by atoms with van der Waals surface area (Å²) in [5, 5.41) is 23.7. The van der Waals surface area contributed by atoms with Crippen molar-refractivity contribution in [2.45, 2.75) is 32.8 Å². The molecule has 0 amide bonds. The average Bonchev–Trinajstić information content (AvgIpc) is 2.50. The maximum Gasteiger partial charge on any atom is 0.115 e. The molecule has 0 aliphatic rings. The third kappa shape index (κ3) is 3.37. The SMILES string of the molecule is CC(C)CCC(O)c1ccc2c(NO)ccc(N=O)c2c1. The van der Waals surface area contributed by atoms with E-state index in [1.807, 2.05) is 6.07 Å². The third-order valence-electron chi connectivity index (χ3n) is 3.64. The molecule has 0 aliphatic carbocycles. The molecule has 0 saturated carbocycles. The molecule has 21 heavy (non-hydrogen) atoms. The van der Waals surface area contributed by atoms with Crippen LogP contribution in [0.1, 0.15) is 38.4 Å². The van der Waals surface area contributed by atoms with E-state index in [0.29, 0.717) is 34.5 Å². The van der Waals surface area contributed by atoms with Crippen LogP contribution in [0.25, 0.3) is 10.8 Å². The molecule has 0 fully saturated rings. The van der Waals surface area contributed by atoms with Gasteiger partial charge in [-0.15, -0.1) is 4.91 Å². The van der Waals surface area contributed by atoms with Crippen molar-refractivity contribution in [3.63, 3.8) is 0 Å². The van der Waals surface area contributed by atoms with Crippen molar-refractivity contribution in [1.82, 2.24) is 0 Å². The molecule has 0 spiro atoms. The van der Waals surface area contributed by atoms with Crippen LogP contribution in [0.5, 0.6) is 0 Å². The highest BCUT2D eigenvalue weighted by Crippen LogP contribution is 2.34. The van der Waals surface area contributed by atoms with Gasteiger partial charge in [-0.2, -0.15) is 0 Å². The maximum absolute atomic E-state index is 10.9. The van der Waals surface area contributed by atoms with Crippen molar-refractivity contribution in [3.05, 3.63) is 40.8 Å². The van der Waals surface area contributed by atoms with Gasteiger partial charge in [0.25, 0.3) is 0 Å². The first-order chi connectivity index (χ1) is 10.1. The Morgan fingerprint density at radius 2 is 1.90 bits per heavy atom. The molecule has 1 unspecified atom stereocenters. The lowest BCUT2D eigenvalue weighted by Crippen LogP contribution is -2.00. The van der Waals surface area contributed by atoms with E-state index < -0.39 is 6.10 Å². The Morgan fingerprint density at radius 3 is 2.52 bits per heavy atom. The van der Waals surface area contributed by atoms with Gasteiger partial charge in [0, 0.05) is 10.8 Å². The summed E-state index contributed by atoms with van der Waals surface area (Å²) in [6.45, 7) is 4.22. The second-order valence-electron chi connectivity index (χ2n) is 5.63. The number of anilines is 1. The topological polar surface area (TPSA) is 81.9 Å². The summed E-state index contributed by atoms with van der Waals surface area (Å²) < 4.78 is 0. The van der Waals surface area contributed by atoms with E-state index in [0.717, 1.165) is 12.0 Å². The number of aliphatic hydroxyl groups is 1.